The third kappa shape index (κ3) is 6.99. The van der Waals surface area contributed by atoms with Gasteiger partial charge in [0.2, 0.25) is 0 Å². The summed E-state index contributed by atoms with van der Waals surface area (Å²) in [5, 5.41) is 4.65. The summed E-state index contributed by atoms with van der Waals surface area (Å²) >= 11 is 0. The van der Waals surface area contributed by atoms with Crippen LogP contribution in [0.1, 0.15) is 60.8 Å². The summed E-state index contributed by atoms with van der Waals surface area (Å²) in [7, 11) is 0. The number of anilines is 6. The van der Waals surface area contributed by atoms with E-state index in [0.29, 0.717) is 12.8 Å². The van der Waals surface area contributed by atoms with Crippen molar-refractivity contribution in [3.63, 3.8) is 0 Å². The fourth-order valence-corrected chi connectivity index (χ4v) is 8.35. The molecule has 5 aliphatic heterocycles. The quantitative estimate of drug-likeness (QED) is 0.114. The molecule has 0 radical (unpaired) electrons. The average molecular weight is 737 g/mol. The normalized spacial score (nSPS) is 15.4. The van der Waals surface area contributed by atoms with Crippen LogP contribution in [0.5, 0.6) is 0 Å². The number of ether oxygens (including phenoxy) is 2. The van der Waals surface area contributed by atoms with E-state index in [-0.39, 0.29) is 25.2 Å². The molecular weight excluding hydrogens is 693 g/mol. The van der Waals surface area contributed by atoms with E-state index in [1.54, 1.807) is 0 Å². The van der Waals surface area contributed by atoms with Crippen LogP contribution in [0.15, 0.2) is 146 Å². The number of hydrogen-bond donors (Lipinski definition) is 0. The molecular formula is C50H44N2O4. The molecule has 0 fully saturated rings. The highest BCUT2D eigenvalue weighted by molar-refractivity contribution is 6.25. The highest BCUT2D eigenvalue weighted by atomic mass is 16.5. The first-order valence-electron chi connectivity index (χ1n) is 19.8. The van der Waals surface area contributed by atoms with E-state index in [1.165, 1.54) is 21.9 Å². The Morgan fingerprint density at radius 1 is 0.375 bits per heavy atom. The second kappa shape index (κ2) is 15.8. The molecule has 0 spiro atoms. The molecule has 7 aromatic carbocycles. The van der Waals surface area contributed by atoms with E-state index in [4.69, 9.17) is 9.47 Å². The average Bonchev–Trinajstić information content (AvgIpc) is 3.25. The van der Waals surface area contributed by atoms with Crippen LogP contribution in [0.4, 0.5) is 34.1 Å². The molecule has 0 atom stereocenters. The molecule has 0 amide bonds. The van der Waals surface area contributed by atoms with Gasteiger partial charge in [-0.2, -0.15) is 0 Å². The summed E-state index contributed by atoms with van der Waals surface area (Å²) in [6.07, 6.45) is 5.98. The first kappa shape index (κ1) is 35.3. The molecule has 0 saturated heterocycles. The molecule has 7 aromatic rings. The number of carbonyl (C=O) groups is 2. The summed E-state index contributed by atoms with van der Waals surface area (Å²) in [5.74, 6) is -0.347. The van der Waals surface area contributed by atoms with Crippen LogP contribution >= 0.6 is 0 Å². The van der Waals surface area contributed by atoms with Gasteiger partial charge in [-0.3, -0.25) is 9.59 Å². The Labute approximate surface area is 327 Å². The Morgan fingerprint density at radius 2 is 0.732 bits per heavy atom. The maximum Gasteiger partial charge on any atom is 0.306 e. The number of nitrogens with zero attached hydrogens (tertiary/aromatic N) is 2. The maximum absolute atomic E-state index is 12.8. The summed E-state index contributed by atoms with van der Waals surface area (Å²) in [6, 6.07) is 51.1. The van der Waals surface area contributed by atoms with E-state index in [0.717, 1.165) is 94.5 Å². The molecule has 6 nitrogen and oxygen atoms in total. The van der Waals surface area contributed by atoms with Gasteiger partial charge in [0.05, 0.1) is 22.7 Å². The second-order valence-corrected chi connectivity index (χ2v) is 14.8. The zero-order valence-electron chi connectivity index (χ0n) is 31.5. The summed E-state index contributed by atoms with van der Waals surface area (Å²) < 4.78 is 11.5. The highest BCUT2D eigenvalue weighted by Crippen LogP contribution is 2.58. The largest absolute Gasteiger partial charge is 0.461 e. The van der Waals surface area contributed by atoms with Crippen LogP contribution in [0, 0.1) is 0 Å². The molecule has 0 saturated carbocycles. The minimum absolute atomic E-state index is 0.173. The molecule has 5 heterocycles. The topological polar surface area (TPSA) is 59.1 Å². The fraction of sp³-hybridized carbons (Fsp3) is 0.200. The van der Waals surface area contributed by atoms with Crippen molar-refractivity contribution < 1.29 is 19.1 Å². The monoisotopic (exact) mass is 736 g/mol. The number of esters is 2. The standard InChI is InChI=1S/C50H44N2O4/c53-47-23-11-3-15-37-13-1-2-14-38(37)16-4-12-24-48(54)56-34-36-27-31-40(32-28-36)52-46-22-10-9-21-45(46)51(39-29-25-35(26-30-39)33-55-47)49-43-19-7-5-17-41(43)42-18-6-8-20-44(42)50(49)52/h1-2,5-10,13-14,17-22,25-32H,3-4,11-12,15-16,23-24,33-34H2. The SMILES string of the molecule is O=C1CCCCc2ccccc2CCCCC(=O)OCc2ccc(cc2)N2c3ccccc3N(c3ccc(cc3)CO1)c1c2c2ccccc2c2ccccc12. The Kier molecular flexibility index (Phi) is 9.93. The lowest BCUT2D eigenvalue weighted by atomic mass is 9.93. The van der Waals surface area contributed by atoms with Crippen LogP contribution in [0.3, 0.4) is 0 Å². The summed E-state index contributed by atoms with van der Waals surface area (Å²) in [5.41, 5.74) is 10.8. The van der Waals surface area contributed by atoms with Gasteiger partial charge in [0.25, 0.3) is 0 Å². The first-order chi connectivity index (χ1) is 27.6. The highest BCUT2D eigenvalue weighted by Gasteiger charge is 2.34. The Bertz CT molecular complexity index is 2370. The molecule has 0 N–H and O–H groups in total. The summed E-state index contributed by atoms with van der Waals surface area (Å²) in [6.45, 7) is 0.472. The third-order valence-corrected chi connectivity index (χ3v) is 11.2. The van der Waals surface area contributed by atoms with Gasteiger partial charge in [0.1, 0.15) is 13.2 Å². The first-order valence-corrected chi connectivity index (χ1v) is 19.8. The fourth-order valence-electron chi connectivity index (χ4n) is 8.35. The zero-order valence-corrected chi connectivity index (χ0v) is 31.5. The van der Waals surface area contributed by atoms with Gasteiger partial charge in [0, 0.05) is 35.0 Å². The van der Waals surface area contributed by atoms with Gasteiger partial charge >= 0.3 is 11.9 Å². The molecule has 0 unspecified atom stereocenters. The molecule has 12 rings (SSSR count). The van der Waals surface area contributed by atoms with Crippen LogP contribution in [0.25, 0.3) is 21.5 Å². The van der Waals surface area contributed by atoms with Crippen molar-refractivity contribution in [2.75, 3.05) is 9.80 Å². The predicted octanol–water partition coefficient (Wildman–Crippen LogP) is 12.5. The van der Waals surface area contributed by atoms with Crippen LogP contribution in [-0.2, 0) is 45.1 Å². The molecule has 56 heavy (non-hydrogen) atoms. The Hall–Kier alpha value is -6.40. The van der Waals surface area contributed by atoms with Gasteiger partial charge in [-0.1, -0.05) is 109 Å². The zero-order chi connectivity index (χ0) is 37.8. The van der Waals surface area contributed by atoms with Gasteiger partial charge < -0.3 is 19.3 Å². The van der Waals surface area contributed by atoms with E-state index in [2.05, 4.69) is 155 Å². The van der Waals surface area contributed by atoms with E-state index < -0.39 is 0 Å². The number of para-hydroxylation sites is 2. The second-order valence-electron chi connectivity index (χ2n) is 14.8. The van der Waals surface area contributed by atoms with Crippen molar-refractivity contribution in [3.8, 4) is 0 Å². The lowest BCUT2D eigenvalue weighted by molar-refractivity contribution is -0.146. The number of benzene rings is 7. The lowest BCUT2D eigenvalue weighted by Gasteiger charge is -2.42. The van der Waals surface area contributed by atoms with Gasteiger partial charge in [-0.25, -0.2) is 0 Å². The van der Waals surface area contributed by atoms with Crippen molar-refractivity contribution in [1.82, 2.24) is 0 Å². The lowest BCUT2D eigenvalue weighted by Crippen LogP contribution is -2.24. The number of hydrogen-bond acceptors (Lipinski definition) is 6. The van der Waals surface area contributed by atoms with Crippen molar-refractivity contribution >= 4 is 67.6 Å². The van der Waals surface area contributed by atoms with Crippen molar-refractivity contribution in [1.29, 1.82) is 0 Å². The molecule has 0 aliphatic carbocycles. The number of fused-ring (bicyclic) bond motifs is 5. The molecule has 5 aliphatic rings. The molecule has 6 bridgehead atoms. The maximum atomic E-state index is 12.8. The molecule has 6 heteroatoms. The van der Waals surface area contributed by atoms with Crippen LogP contribution < -0.4 is 9.80 Å². The number of rotatable bonds is 0. The smallest absolute Gasteiger partial charge is 0.306 e. The van der Waals surface area contributed by atoms with Crippen LogP contribution in [-0.4, -0.2) is 11.9 Å². The predicted molar refractivity (Wildman–Crippen MR) is 226 cm³/mol. The van der Waals surface area contributed by atoms with E-state index >= 15 is 0 Å². The van der Waals surface area contributed by atoms with Gasteiger partial charge in [0.15, 0.2) is 0 Å². The molecule has 0 aromatic heterocycles. The number of aryl methyl sites for hydroxylation is 2. The minimum Gasteiger partial charge on any atom is -0.461 e. The van der Waals surface area contributed by atoms with Crippen molar-refractivity contribution in [2.45, 2.75) is 64.6 Å². The van der Waals surface area contributed by atoms with E-state index in [1.807, 2.05) is 0 Å². The number of carbonyl (C=O) groups excluding carboxylic acids is 2. The minimum atomic E-state index is -0.173. The van der Waals surface area contributed by atoms with Gasteiger partial charge in [-0.05, 0) is 108 Å². The third-order valence-electron chi connectivity index (χ3n) is 11.2. The van der Waals surface area contributed by atoms with Gasteiger partial charge in [-0.15, -0.1) is 0 Å². The van der Waals surface area contributed by atoms with Crippen molar-refractivity contribution in [2.24, 2.45) is 0 Å². The Balaban J connectivity index is 1.12. The van der Waals surface area contributed by atoms with Crippen LogP contribution in [0.2, 0.25) is 0 Å². The summed E-state index contributed by atoms with van der Waals surface area (Å²) in [4.78, 5) is 30.4. The molecule has 278 valence electrons. The Morgan fingerprint density at radius 3 is 1.16 bits per heavy atom. The van der Waals surface area contributed by atoms with Crippen molar-refractivity contribution in [3.05, 3.63) is 168 Å². The van der Waals surface area contributed by atoms with E-state index in [9.17, 15) is 9.59 Å².